The Hall–Kier alpha value is -2.34. The Morgan fingerprint density at radius 1 is 0.917 bits per heavy atom. The molecule has 0 N–H and O–H groups in total. The molecule has 1 unspecified atom stereocenters. The second-order valence-electron chi connectivity index (χ2n) is 7.02. The first-order chi connectivity index (χ1) is 11.8. The Balaban J connectivity index is 1.74. The molecule has 0 spiro atoms. The first-order valence-corrected chi connectivity index (χ1v) is 9.08. The molecule has 120 valence electrons. The first-order valence-electron chi connectivity index (χ1n) is 9.08. The van der Waals surface area contributed by atoms with Gasteiger partial charge in [-0.05, 0) is 57.9 Å². The standard InChI is InChI=1S/C24H24/c1-3-7-17(2)22-15-20-10-6-11-23(24(20)16-22)21-13-12-18-8-4-5-9-19(18)14-21/h4-6,8-15,17H,3,7,16H2,1-2H3. The van der Waals surface area contributed by atoms with Crippen LogP contribution in [0, 0.1) is 5.92 Å². The van der Waals surface area contributed by atoms with Crippen molar-refractivity contribution < 1.29 is 0 Å². The van der Waals surface area contributed by atoms with Crippen molar-refractivity contribution in [2.45, 2.75) is 33.1 Å². The molecule has 0 saturated carbocycles. The van der Waals surface area contributed by atoms with Crippen molar-refractivity contribution in [1.82, 2.24) is 0 Å². The SMILES string of the molecule is CCCC(C)C1=Cc2cccc(-c3ccc4ccccc4c3)c2C1. The van der Waals surface area contributed by atoms with Gasteiger partial charge in [-0.2, -0.15) is 0 Å². The van der Waals surface area contributed by atoms with Crippen LogP contribution in [-0.4, -0.2) is 0 Å². The molecule has 3 aromatic carbocycles. The van der Waals surface area contributed by atoms with Crippen LogP contribution in [0.5, 0.6) is 0 Å². The third-order valence-electron chi connectivity index (χ3n) is 5.35. The number of benzene rings is 3. The van der Waals surface area contributed by atoms with Gasteiger partial charge >= 0.3 is 0 Å². The Morgan fingerprint density at radius 2 is 1.75 bits per heavy atom. The summed E-state index contributed by atoms with van der Waals surface area (Å²) in [6.07, 6.45) is 6.08. The third kappa shape index (κ3) is 2.67. The van der Waals surface area contributed by atoms with E-state index in [1.165, 1.54) is 45.9 Å². The minimum Gasteiger partial charge on any atom is -0.0654 e. The third-order valence-corrected chi connectivity index (χ3v) is 5.35. The van der Waals surface area contributed by atoms with Crippen LogP contribution in [0.1, 0.15) is 37.8 Å². The van der Waals surface area contributed by atoms with Crippen LogP contribution in [0.15, 0.2) is 66.2 Å². The average Bonchev–Trinajstić information content (AvgIpc) is 3.06. The van der Waals surface area contributed by atoms with E-state index in [1.807, 2.05) is 0 Å². The van der Waals surface area contributed by atoms with Crippen LogP contribution < -0.4 is 0 Å². The van der Waals surface area contributed by atoms with E-state index in [2.05, 4.69) is 80.6 Å². The summed E-state index contributed by atoms with van der Waals surface area (Å²) in [7, 11) is 0. The zero-order valence-corrected chi connectivity index (χ0v) is 14.5. The lowest BCUT2D eigenvalue weighted by molar-refractivity contribution is 0.596. The molecule has 0 saturated heterocycles. The van der Waals surface area contributed by atoms with Gasteiger partial charge in [-0.1, -0.05) is 86.5 Å². The fourth-order valence-corrected chi connectivity index (χ4v) is 3.95. The van der Waals surface area contributed by atoms with Crippen LogP contribution in [0.2, 0.25) is 0 Å². The van der Waals surface area contributed by atoms with Gasteiger partial charge in [0.15, 0.2) is 0 Å². The van der Waals surface area contributed by atoms with Crippen LogP contribution in [0.4, 0.5) is 0 Å². The predicted octanol–water partition coefficient (Wildman–Crippen LogP) is 6.88. The Bertz CT molecular complexity index is 914. The highest BCUT2D eigenvalue weighted by atomic mass is 14.2. The van der Waals surface area contributed by atoms with E-state index in [1.54, 1.807) is 5.57 Å². The van der Waals surface area contributed by atoms with Gasteiger partial charge in [0.1, 0.15) is 0 Å². The van der Waals surface area contributed by atoms with Crippen molar-refractivity contribution in [2.75, 3.05) is 0 Å². The van der Waals surface area contributed by atoms with Crippen molar-refractivity contribution in [3.05, 3.63) is 77.4 Å². The predicted molar refractivity (Wildman–Crippen MR) is 105 cm³/mol. The quantitative estimate of drug-likeness (QED) is 0.492. The summed E-state index contributed by atoms with van der Waals surface area (Å²) < 4.78 is 0. The van der Waals surface area contributed by atoms with Gasteiger partial charge in [-0.25, -0.2) is 0 Å². The first kappa shape index (κ1) is 15.2. The van der Waals surface area contributed by atoms with E-state index < -0.39 is 0 Å². The molecule has 1 aliphatic rings. The molecule has 0 aromatic heterocycles. The number of allylic oxidation sites excluding steroid dienone is 1. The molecule has 0 heteroatoms. The average molecular weight is 312 g/mol. The van der Waals surface area contributed by atoms with Crippen molar-refractivity contribution in [3.8, 4) is 11.1 Å². The van der Waals surface area contributed by atoms with E-state index >= 15 is 0 Å². The largest absolute Gasteiger partial charge is 0.0654 e. The Morgan fingerprint density at radius 3 is 2.58 bits per heavy atom. The molecular weight excluding hydrogens is 288 g/mol. The second-order valence-corrected chi connectivity index (χ2v) is 7.02. The normalized spacial score (nSPS) is 14.5. The van der Waals surface area contributed by atoms with Crippen LogP contribution in [0.25, 0.3) is 28.0 Å². The summed E-state index contributed by atoms with van der Waals surface area (Å²) in [6, 6.07) is 22.2. The molecule has 0 radical (unpaired) electrons. The summed E-state index contributed by atoms with van der Waals surface area (Å²) in [4.78, 5) is 0. The molecular formula is C24H24. The lowest BCUT2D eigenvalue weighted by Gasteiger charge is -2.13. The van der Waals surface area contributed by atoms with E-state index in [0.717, 1.165) is 6.42 Å². The Labute approximate surface area is 144 Å². The molecule has 4 rings (SSSR count). The highest BCUT2D eigenvalue weighted by molar-refractivity contribution is 5.88. The van der Waals surface area contributed by atoms with E-state index in [9.17, 15) is 0 Å². The lowest BCUT2D eigenvalue weighted by Crippen LogP contribution is -1.99. The zero-order chi connectivity index (χ0) is 16.5. The van der Waals surface area contributed by atoms with E-state index in [4.69, 9.17) is 0 Å². The fraction of sp³-hybridized carbons (Fsp3) is 0.250. The molecule has 1 aliphatic carbocycles. The molecule has 1 atom stereocenters. The lowest BCUT2D eigenvalue weighted by atomic mass is 9.91. The van der Waals surface area contributed by atoms with Crippen molar-refractivity contribution >= 4 is 16.8 Å². The second kappa shape index (κ2) is 6.28. The van der Waals surface area contributed by atoms with Gasteiger partial charge in [0.05, 0.1) is 0 Å². The van der Waals surface area contributed by atoms with E-state index in [-0.39, 0.29) is 0 Å². The molecule has 0 bridgehead atoms. The Kier molecular flexibility index (Phi) is 3.98. The topological polar surface area (TPSA) is 0 Å². The van der Waals surface area contributed by atoms with Gasteiger partial charge in [0.2, 0.25) is 0 Å². The summed E-state index contributed by atoms with van der Waals surface area (Å²) in [5, 5.41) is 2.63. The molecule has 0 heterocycles. The maximum absolute atomic E-state index is 2.43. The smallest absolute Gasteiger partial charge is 0.00490 e. The minimum absolute atomic E-state index is 0.687. The van der Waals surface area contributed by atoms with Crippen molar-refractivity contribution in [1.29, 1.82) is 0 Å². The maximum atomic E-state index is 2.43. The number of hydrogen-bond acceptors (Lipinski definition) is 0. The van der Waals surface area contributed by atoms with Gasteiger partial charge in [0, 0.05) is 0 Å². The van der Waals surface area contributed by atoms with Crippen molar-refractivity contribution in [2.24, 2.45) is 5.92 Å². The summed E-state index contributed by atoms with van der Waals surface area (Å²) >= 11 is 0. The molecule has 0 aliphatic heterocycles. The zero-order valence-electron chi connectivity index (χ0n) is 14.5. The van der Waals surface area contributed by atoms with Gasteiger partial charge < -0.3 is 0 Å². The molecule has 24 heavy (non-hydrogen) atoms. The highest BCUT2D eigenvalue weighted by Gasteiger charge is 2.20. The number of rotatable bonds is 4. The number of fused-ring (bicyclic) bond motifs is 2. The van der Waals surface area contributed by atoms with E-state index in [0.29, 0.717) is 5.92 Å². The molecule has 3 aromatic rings. The van der Waals surface area contributed by atoms with Gasteiger partial charge in [0.25, 0.3) is 0 Å². The monoisotopic (exact) mass is 312 g/mol. The minimum atomic E-state index is 0.687. The van der Waals surface area contributed by atoms with Crippen LogP contribution in [-0.2, 0) is 6.42 Å². The fourth-order valence-electron chi connectivity index (χ4n) is 3.95. The molecule has 0 fully saturated rings. The van der Waals surface area contributed by atoms with Crippen LogP contribution >= 0.6 is 0 Å². The molecule has 0 nitrogen and oxygen atoms in total. The van der Waals surface area contributed by atoms with Gasteiger partial charge in [-0.3, -0.25) is 0 Å². The summed E-state index contributed by atoms with van der Waals surface area (Å²) in [6.45, 7) is 4.65. The highest BCUT2D eigenvalue weighted by Crippen LogP contribution is 2.38. The maximum Gasteiger partial charge on any atom is -0.00490 e. The van der Waals surface area contributed by atoms with Crippen LogP contribution in [0.3, 0.4) is 0 Å². The van der Waals surface area contributed by atoms with Gasteiger partial charge in [-0.15, -0.1) is 0 Å². The summed E-state index contributed by atoms with van der Waals surface area (Å²) in [5.41, 5.74) is 7.25. The molecule has 0 amide bonds. The van der Waals surface area contributed by atoms with Crippen molar-refractivity contribution in [3.63, 3.8) is 0 Å². The summed E-state index contributed by atoms with van der Waals surface area (Å²) in [5.74, 6) is 0.687. The number of hydrogen-bond donors (Lipinski definition) is 0.